The molecule has 0 amide bonds. The number of benzene rings is 1. The Kier molecular flexibility index (Phi) is 3.61. The van der Waals surface area contributed by atoms with Crippen molar-refractivity contribution in [3.63, 3.8) is 0 Å². The second-order valence-corrected chi connectivity index (χ2v) is 4.01. The molecule has 1 heterocycles. The lowest BCUT2D eigenvalue weighted by Gasteiger charge is -2.03. The van der Waals surface area contributed by atoms with Gasteiger partial charge in [0.05, 0.1) is 5.52 Å². The van der Waals surface area contributed by atoms with E-state index in [0.29, 0.717) is 5.58 Å². The van der Waals surface area contributed by atoms with Crippen molar-refractivity contribution in [2.45, 2.75) is 6.42 Å². The number of rotatable bonds is 5. The predicted molar refractivity (Wildman–Crippen MR) is 67.1 cm³/mol. The first-order valence-corrected chi connectivity index (χ1v) is 5.66. The number of fused-ring (bicyclic) bond motifs is 1. The third-order valence-electron chi connectivity index (χ3n) is 2.75. The molecule has 0 radical (unpaired) electrons. The zero-order chi connectivity index (χ0) is 12.3. The quantitative estimate of drug-likeness (QED) is 0.583. The molecule has 0 atom stereocenters. The minimum atomic E-state index is -0.314. The van der Waals surface area contributed by atoms with Crippen LogP contribution < -0.4 is 16.4 Å². The summed E-state index contributed by atoms with van der Waals surface area (Å²) in [6.07, 6.45) is 0.913. The van der Waals surface area contributed by atoms with E-state index in [1.54, 1.807) is 7.05 Å². The average Bonchev–Trinajstić information content (AvgIpc) is 2.61. The normalized spacial score (nSPS) is 11.2. The summed E-state index contributed by atoms with van der Waals surface area (Å²) >= 11 is 0. The molecule has 0 aliphatic carbocycles. The molecule has 2 rings (SSSR count). The molecule has 92 valence electrons. The van der Waals surface area contributed by atoms with Crippen LogP contribution in [-0.2, 0) is 13.5 Å². The van der Waals surface area contributed by atoms with Crippen molar-refractivity contribution in [2.24, 2.45) is 7.05 Å². The maximum Gasteiger partial charge on any atom is 0.419 e. The fourth-order valence-electron chi connectivity index (χ4n) is 1.78. The largest absolute Gasteiger partial charge is 0.419 e. The zero-order valence-corrected chi connectivity index (χ0v) is 10.1. The molecule has 0 saturated carbocycles. The van der Waals surface area contributed by atoms with E-state index in [9.17, 15) is 4.79 Å². The Hall–Kier alpha value is -1.59. The van der Waals surface area contributed by atoms with Crippen LogP contribution in [0.3, 0.4) is 0 Å². The smallest absolute Gasteiger partial charge is 0.408 e. The number of aromatic nitrogens is 1. The number of oxazole rings is 1. The first-order valence-electron chi connectivity index (χ1n) is 5.66. The first-order chi connectivity index (χ1) is 8.22. The van der Waals surface area contributed by atoms with Crippen molar-refractivity contribution in [3.8, 4) is 0 Å². The molecule has 0 aliphatic heterocycles. The van der Waals surface area contributed by atoms with Crippen LogP contribution in [0.15, 0.2) is 27.4 Å². The Bertz CT molecular complexity index is 556. The van der Waals surface area contributed by atoms with Crippen molar-refractivity contribution >= 4 is 11.1 Å². The standard InChI is InChI=1S/C12H17N3O2/c1-13-8-14-6-5-9-3-4-10-11(7-9)17-12(16)15(10)2/h3-4,7,13-14H,5-6,8H2,1-2H3. The van der Waals surface area contributed by atoms with Gasteiger partial charge in [-0.2, -0.15) is 0 Å². The summed E-state index contributed by atoms with van der Waals surface area (Å²) in [5.74, 6) is -0.314. The summed E-state index contributed by atoms with van der Waals surface area (Å²) in [4.78, 5) is 11.3. The Labute approximate surface area is 99.4 Å². The van der Waals surface area contributed by atoms with Gasteiger partial charge in [-0.25, -0.2) is 4.79 Å². The topological polar surface area (TPSA) is 59.2 Å². The van der Waals surface area contributed by atoms with Gasteiger partial charge in [0.1, 0.15) is 0 Å². The van der Waals surface area contributed by atoms with Gasteiger partial charge in [-0.15, -0.1) is 0 Å². The summed E-state index contributed by atoms with van der Waals surface area (Å²) in [5, 5.41) is 6.26. The van der Waals surface area contributed by atoms with Crippen LogP contribution in [0.2, 0.25) is 0 Å². The lowest BCUT2D eigenvalue weighted by molar-refractivity contribution is 0.527. The molecular formula is C12H17N3O2. The van der Waals surface area contributed by atoms with Crippen molar-refractivity contribution in [1.29, 1.82) is 0 Å². The molecule has 5 nitrogen and oxygen atoms in total. The molecule has 0 bridgehead atoms. The SMILES string of the molecule is CNCNCCc1ccc2c(c1)oc(=O)n2C. The third kappa shape index (κ3) is 2.57. The van der Waals surface area contributed by atoms with Gasteiger partial charge >= 0.3 is 5.76 Å². The predicted octanol–water partition coefficient (Wildman–Crippen LogP) is 0.440. The van der Waals surface area contributed by atoms with E-state index in [0.717, 1.165) is 30.7 Å². The van der Waals surface area contributed by atoms with Gasteiger partial charge in [-0.3, -0.25) is 4.57 Å². The van der Waals surface area contributed by atoms with E-state index in [2.05, 4.69) is 10.6 Å². The number of nitrogens with zero attached hydrogens (tertiary/aromatic N) is 1. The number of aryl methyl sites for hydroxylation is 1. The molecule has 1 aromatic heterocycles. The molecular weight excluding hydrogens is 218 g/mol. The summed E-state index contributed by atoms with van der Waals surface area (Å²) in [6, 6.07) is 5.88. The third-order valence-corrected chi connectivity index (χ3v) is 2.75. The number of nitrogens with one attached hydrogen (secondary N) is 2. The summed E-state index contributed by atoms with van der Waals surface area (Å²) in [5.41, 5.74) is 2.65. The molecule has 1 aromatic carbocycles. The van der Waals surface area contributed by atoms with Crippen molar-refractivity contribution in [1.82, 2.24) is 15.2 Å². The summed E-state index contributed by atoms with van der Waals surface area (Å²) in [6.45, 7) is 1.69. The summed E-state index contributed by atoms with van der Waals surface area (Å²) in [7, 11) is 3.61. The maximum absolute atomic E-state index is 11.3. The van der Waals surface area contributed by atoms with Crippen LogP contribution in [0.1, 0.15) is 5.56 Å². The molecule has 0 spiro atoms. The molecule has 0 aliphatic rings. The minimum Gasteiger partial charge on any atom is -0.408 e. The van der Waals surface area contributed by atoms with Gasteiger partial charge in [-0.1, -0.05) is 6.07 Å². The molecule has 2 aromatic rings. The van der Waals surface area contributed by atoms with E-state index in [1.165, 1.54) is 4.57 Å². The van der Waals surface area contributed by atoms with Crippen LogP contribution in [0.5, 0.6) is 0 Å². The van der Waals surface area contributed by atoms with E-state index >= 15 is 0 Å². The average molecular weight is 235 g/mol. The van der Waals surface area contributed by atoms with Crippen molar-refractivity contribution in [2.75, 3.05) is 20.3 Å². The molecule has 2 N–H and O–H groups in total. The van der Waals surface area contributed by atoms with E-state index in [1.807, 2.05) is 25.2 Å². The molecule has 5 heteroatoms. The van der Waals surface area contributed by atoms with Crippen molar-refractivity contribution < 1.29 is 4.42 Å². The Balaban J connectivity index is 2.12. The Morgan fingerprint density at radius 2 is 2.24 bits per heavy atom. The monoisotopic (exact) mass is 235 g/mol. The van der Waals surface area contributed by atoms with Gasteiger partial charge in [0.2, 0.25) is 0 Å². The highest BCUT2D eigenvalue weighted by atomic mass is 16.4. The first kappa shape index (κ1) is 11.9. The fourth-order valence-corrected chi connectivity index (χ4v) is 1.78. The minimum absolute atomic E-state index is 0.314. The van der Waals surface area contributed by atoms with E-state index < -0.39 is 0 Å². The van der Waals surface area contributed by atoms with E-state index in [-0.39, 0.29) is 5.76 Å². The second-order valence-electron chi connectivity index (χ2n) is 4.01. The molecule has 0 fully saturated rings. The van der Waals surface area contributed by atoms with Crippen LogP contribution in [0.4, 0.5) is 0 Å². The van der Waals surface area contributed by atoms with Gasteiger partial charge in [0.15, 0.2) is 5.58 Å². The number of hydrogen-bond donors (Lipinski definition) is 2. The molecule has 0 unspecified atom stereocenters. The lowest BCUT2D eigenvalue weighted by atomic mass is 10.1. The Morgan fingerprint density at radius 1 is 1.41 bits per heavy atom. The fraction of sp³-hybridized carbons (Fsp3) is 0.417. The van der Waals surface area contributed by atoms with Gasteiger partial charge < -0.3 is 15.1 Å². The molecule has 17 heavy (non-hydrogen) atoms. The van der Waals surface area contributed by atoms with Crippen LogP contribution in [0, 0.1) is 0 Å². The highest BCUT2D eigenvalue weighted by Crippen LogP contribution is 2.14. The Morgan fingerprint density at radius 3 is 3.00 bits per heavy atom. The summed E-state index contributed by atoms with van der Waals surface area (Å²) < 4.78 is 6.65. The highest BCUT2D eigenvalue weighted by Gasteiger charge is 2.05. The van der Waals surface area contributed by atoms with Crippen molar-refractivity contribution in [3.05, 3.63) is 34.3 Å². The molecule has 0 saturated heterocycles. The maximum atomic E-state index is 11.3. The van der Waals surface area contributed by atoms with Gasteiger partial charge in [0.25, 0.3) is 0 Å². The number of hydrogen-bond acceptors (Lipinski definition) is 4. The second kappa shape index (κ2) is 5.16. The van der Waals surface area contributed by atoms with Crippen LogP contribution in [0.25, 0.3) is 11.1 Å². The zero-order valence-electron chi connectivity index (χ0n) is 10.1. The van der Waals surface area contributed by atoms with Gasteiger partial charge in [0, 0.05) is 20.3 Å². The van der Waals surface area contributed by atoms with Crippen LogP contribution >= 0.6 is 0 Å². The highest BCUT2D eigenvalue weighted by molar-refractivity contribution is 5.73. The lowest BCUT2D eigenvalue weighted by Crippen LogP contribution is -2.27. The van der Waals surface area contributed by atoms with Gasteiger partial charge in [-0.05, 0) is 31.2 Å². The van der Waals surface area contributed by atoms with E-state index in [4.69, 9.17) is 4.42 Å². The van der Waals surface area contributed by atoms with Crippen LogP contribution in [-0.4, -0.2) is 24.8 Å².